The highest BCUT2D eigenvalue weighted by atomic mass is 32.1. The van der Waals surface area contributed by atoms with Crippen LogP contribution in [0.5, 0.6) is 0 Å². The minimum atomic E-state index is 0.0201. The fourth-order valence-corrected chi connectivity index (χ4v) is 3.32. The van der Waals surface area contributed by atoms with Crippen LogP contribution in [0, 0.1) is 5.92 Å². The third-order valence-electron chi connectivity index (χ3n) is 4.15. The molecule has 1 heterocycles. The van der Waals surface area contributed by atoms with Crippen LogP contribution in [0.4, 0.5) is 0 Å². The second-order valence-electron chi connectivity index (χ2n) is 5.80. The molecule has 1 saturated carbocycles. The molecule has 0 spiro atoms. The van der Waals surface area contributed by atoms with Gasteiger partial charge in [0.2, 0.25) is 0 Å². The van der Waals surface area contributed by atoms with Crippen molar-refractivity contribution in [3.63, 3.8) is 0 Å². The van der Waals surface area contributed by atoms with Crippen molar-refractivity contribution in [2.75, 3.05) is 6.54 Å². The van der Waals surface area contributed by atoms with Crippen molar-refractivity contribution in [1.82, 2.24) is 9.88 Å². The lowest BCUT2D eigenvalue weighted by Crippen LogP contribution is -2.37. The maximum Gasteiger partial charge on any atom is 0.273 e. The minimum Gasteiger partial charge on any atom is -0.333 e. The third-order valence-corrected chi connectivity index (χ3v) is 5.02. The lowest BCUT2D eigenvalue weighted by Gasteiger charge is -2.32. The van der Waals surface area contributed by atoms with Crippen LogP contribution in [0.2, 0.25) is 0 Å². The molecule has 0 atom stereocenters. The first-order valence-corrected chi connectivity index (χ1v) is 8.62. The number of rotatable bonds is 6. The van der Waals surface area contributed by atoms with E-state index in [1.54, 1.807) is 0 Å². The molecule has 0 radical (unpaired) electrons. The molecule has 3 rings (SSSR count). The monoisotopic (exact) mass is 315 g/mol. The molecule has 4 nitrogen and oxygen atoms in total. The van der Waals surface area contributed by atoms with Gasteiger partial charge in [-0.25, -0.2) is 4.98 Å². The van der Waals surface area contributed by atoms with Gasteiger partial charge in [0.25, 0.3) is 5.91 Å². The highest BCUT2D eigenvalue weighted by Gasteiger charge is 2.25. The second-order valence-corrected chi connectivity index (χ2v) is 6.74. The van der Waals surface area contributed by atoms with Crippen LogP contribution in [-0.2, 0) is 13.1 Å². The largest absolute Gasteiger partial charge is 0.333 e. The van der Waals surface area contributed by atoms with E-state index in [1.165, 1.54) is 30.6 Å². The zero-order chi connectivity index (χ0) is 15.4. The van der Waals surface area contributed by atoms with Gasteiger partial charge >= 0.3 is 0 Å². The van der Waals surface area contributed by atoms with Crippen LogP contribution < -0.4 is 5.73 Å². The Balaban J connectivity index is 1.75. The lowest BCUT2D eigenvalue weighted by atomic mass is 9.85. The van der Waals surface area contributed by atoms with E-state index in [0.29, 0.717) is 24.7 Å². The first-order chi connectivity index (χ1) is 10.8. The number of thiazole rings is 1. The van der Waals surface area contributed by atoms with Gasteiger partial charge in [0, 0.05) is 25.0 Å². The van der Waals surface area contributed by atoms with Gasteiger partial charge in [0.15, 0.2) is 0 Å². The molecular formula is C17H21N3OS. The predicted octanol–water partition coefficient (Wildman–Crippen LogP) is 3.04. The van der Waals surface area contributed by atoms with Crippen molar-refractivity contribution in [2.24, 2.45) is 11.7 Å². The van der Waals surface area contributed by atoms with Crippen molar-refractivity contribution in [1.29, 1.82) is 0 Å². The molecule has 1 fully saturated rings. The normalized spacial score (nSPS) is 14.6. The summed E-state index contributed by atoms with van der Waals surface area (Å²) in [7, 11) is 0. The first kappa shape index (κ1) is 15.2. The number of carbonyl (C=O) groups excluding carboxylic acids is 1. The Morgan fingerprint density at radius 2 is 2.09 bits per heavy atom. The van der Waals surface area contributed by atoms with Gasteiger partial charge in [-0.2, -0.15) is 0 Å². The van der Waals surface area contributed by atoms with Crippen molar-refractivity contribution in [3.8, 4) is 0 Å². The Kier molecular flexibility index (Phi) is 4.85. The molecule has 0 bridgehead atoms. The van der Waals surface area contributed by atoms with Gasteiger partial charge < -0.3 is 10.6 Å². The van der Waals surface area contributed by atoms with Crippen LogP contribution in [0.25, 0.3) is 0 Å². The molecule has 2 aromatic rings. The van der Waals surface area contributed by atoms with Gasteiger partial charge in [-0.15, -0.1) is 11.3 Å². The molecule has 2 N–H and O–H groups in total. The summed E-state index contributed by atoms with van der Waals surface area (Å²) < 4.78 is 0. The zero-order valence-electron chi connectivity index (χ0n) is 12.6. The molecule has 1 aliphatic carbocycles. The van der Waals surface area contributed by atoms with Gasteiger partial charge in [-0.3, -0.25) is 4.79 Å². The minimum absolute atomic E-state index is 0.0201. The molecule has 1 aliphatic rings. The number of aromatic nitrogens is 1. The van der Waals surface area contributed by atoms with Crippen LogP contribution >= 0.6 is 11.3 Å². The van der Waals surface area contributed by atoms with E-state index in [0.717, 1.165) is 17.1 Å². The fourth-order valence-electron chi connectivity index (χ4n) is 2.67. The summed E-state index contributed by atoms with van der Waals surface area (Å²) in [5.41, 5.74) is 7.28. The molecule has 1 aromatic carbocycles. The van der Waals surface area contributed by atoms with E-state index in [9.17, 15) is 4.79 Å². The van der Waals surface area contributed by atoms with Crippen LogP contribution in [0.1, 0.15) is 40.3 Å². The van der Waals surface area contributed by atoms with E-state index < -0.39 is 0 Å². The number of nitrogens with zero attached hydrogens (tertiary/aromatic N) is 2. The molecule has 5 heteroatoms. The average Bonchev–Trinajstić information content (AvgIpc) is 2.99. The van der Waals surface area contributed by atoms with Crippen molar-refractivity contribution < 1.29 is 4.79 Å². The van der Waals surface area contributed by atoms with Crippen LogP contribution in [0.15, 0.2) is 35.7 Å². The standard InChI is InChI=1S/C17H21N3OS/c18-9-16-19-15(12-22-16)17(21)20(11-14-7-4-8-14)10-13-5-2-1-3-6-13/h1-3,5-6,12,14H,4,7-11,18H2. The lowest BCUT2D eigenvalue weighted by molar-refractivity contribution is 0.0674. The Hall–Kier alpha value is -1.72. The Morgan fingerprint density at radius 3 is 2.68 bits per heavy atom. The van der Waals surface area contributed by atoms with E-state index in [-0.39, 0.29) is 5.91 Å². The smallest absolute Gasteiger partial charge is 0.273 e. The van der Waals surface area contributed by atoms with Gasteiger partial charge in [-0.1, -0.05) is 36.8 Å². The molecule has 1 amide bonds. The highest BCUT2D eigenvalue weighted by Crippen LogP contribution is 2.28. The summed E-state index contributed by atoms with van der Waals surface area (Å²) in [4.78, 5) is 19.1. The molecule has 116 valence electrons. The summed E-state index contributed by atoms with van der Waals surface area (Å²) in [5, 5.41) is 2.63. The maximum absolute atomic E-state index is 12.8. The van der Waals surface area contributed by atoms with E-state index in [2.05, 4.69) is 17.1 Å². The van der Waals surface area contributed by atoms with Gasteiger partial charge in [0.05, 0.1) is 0 Å². The SMILES string of the molecule is NCc1nc(C(=O)N(Cc2ccccc2)CC2CCC2)cs1. The summed E-state index contributed by atoms with van der Waals surface area (Å²) in [6, 6.07) is 10.1. The quantitative estimate of drug-likeness (QED) is 0.891. The highest BCUT2D eigenvalue weighted by molar-refractivity contribution is 7.09. The number of hydrogen-bond donors (Lipinski definition) is 1. The molecular weight excluding hydrogens is 294 g/mol. The third kappa shape index (κ3) is 3.54. The molecule has 22 heavy (non-hydrogen) atoms. The first-order valence-electron chi connectivity index (χ1n) is 7.74. The molecule has 1 aromatic heterocycles. The molecule has 0 unspecified atom stereocenters. The molecule has 0 aliphatic heterocycles. The van der Waals surface area contributed by atoms with Crippen LogP contribution in [-0.4, -0.2) is 22.3 Å². The van der Waals surface area contributed by atoms with Crippen molar-refractivity contribution >= 4 is 17.2 Å². The molecule has 0 saturated heterocycles. The number of amides is 1. The number of nitrogens with two attached hydrogens (primary N) is 1. The average molecular weight is 315 g/mol. The van der Waals surface area contributed by atoms with Crippen molar-refractivity contribution in [2.45, 2.75) is 32.4 Å². The van der Waals surface area contributed by atoms with Gasteiger partial charge in [-0.05, 0) is 24.3 Å². The Morgan fingerprint density at radius 1 is 1.32 bits per heavy atom. The van der Waals surface area contributed by atoms with Crippen LogP contribution in [0.3, 0.4) is 0 Å². The number of carbonyl (C=O) groups is 1. The van der Waals surface area contributed by atoms with E-state index >= 15 is 0 Å². The Labute approximate surface area is 135 Å². The fraction of sp³-hybridized carbons (Fsp3) is 0.412. The van der Waals surface area contributed by atoms with E-state index in [1.807, 2.05) is 28.5 Å². The second kappa shape index (κ2) is 7.03. The summed E-state index contributed by atoms with van der Waals surface area (Å²) in [6.07, 6.45) is 3.74. The summed E-state index contributed by atoms with van der Waals surface area (Å²) in [5.74, 6) is 0.659. The van der Waals surface area contributed by atoms with Gasteiger partial charge in [0.1, 0.15) is 10.7 Å². The maximum atomic E-state index is 12.8. The topological polar surface area (TPSA) is 59.2 Å². The number of benzene rings is 1. The van der Waals surface area contributed by atoms with Crippen molar-refractivity contribution in [3.05, 3.63) is 52.0 Å². The van der Waals surface area contributed by atoms with E-state index in [4.69, 9.17) is 5.73 Å². The summed E-state index contributed by atoms with van der Waals surface area (Å²) >= 11 is 1.46. The Bertz CT molecular complexity index is 622. The predicted molar refractivity (Wildman–Crippen MR) is 88.5 cm³/mol. The summed E-state index contributed by atoms with van der Waals surface area (Å²) in [6.45, 7) is 1.86. The number of hydrogen-bond acceptors (Lipinski definition) is 4. The zero-order valence-corrected chi connectivity index (χ0v) is 13.4.